The first-order chi connectivity index (χ1) is 9.17. The van der Waals surface area contributed by atoms with E-state index in [2.05, 4.69) is 27.5 Å². The van der Waals surface area contributed by atoms with Crippen LogP contribution in [-0.4, -0.2) is 16.5 Å². The van der Waals surface area contributed by atoms with Crippen molar-refractivity contribution in [3.8, 4) is 0 Å². The van der Waals surface area contributed by atoms with Gasteiger partial charge in [0.2, 0.25) is 5.95 Å². The van der Waals surface area contributed by atoms with Crippen LogP contribution in [0.5, 0.6) is 0 Å². The van der Waals surface area contributed by atoms with Crippen LogP contribution in [0.1, 0.15) is 13.3 Å². The van der Waals surface area contributed by atoms with Gasteiger partial charge in [-0.15, -0.1) is 0 Å². The van der Waals surface area contributed by atoms with Gasteiger partial charge in [0.1, 0.15) is 11.6 Å². The van der Waals surface area contributed by atoms with Gasteiger partial charge in [-0.05, 0) is 30.7 Å². The van der Waals surface area contributed by atoms with Crippen LogP contribution < -0.4 is 10.6 Å². The highest BCUT2D eigenvalue weighted by atomic mass is 35.5. The fourth-order valence-corrected chi connectivity index (χ4v) is 1.75. The van der Waals surface area contributed by atoms with Crippen molar-refractivity contribution in [3.05, 3.63) is 41.3 Å². The Morgan fingerprint density at radius 1 is 1.32 bits per heavy atom. The van der Waals surface area contributed by atoms with Gasteiger partial charge in [-0.3, -0.25) is 0 Å². The highest BCUT2D eigenvalue weighted by Crippen LogP contribution is 2.21. The summed E-state index contributed by atoms with van der Waals surface area (Å²) in [6, 6.07) is 5.94. The third-order valence-electron chi connectivity index (χ3n) is 2.32. The Morgan fingerprint density at radius 3 is 2.89 bits per heavy atom. The van der Waals surface area contributed by atoms with Crippen LogP contribution in [0, 0.1) is 5.82 Å². The van der Waals surface area contributed by atoms with Gasteiger partial charge >= 0.3 is 0 Å². The van der Waals surface area contributed by atoms with Crippen LogP contribution in [0.2, 0.25) is 5.02 Å². The quantitative estimate of drug-likeness (QED) is 0.874. The highest BCUT2D eigenvalue weighted by Gasteiger charge is 2.02. The number of anilines is 3. The number of hydrogen-bond donors (Lipinski definition) is 2. The number of hydrogen-bond acceptors (Lipinski definition) is 4. The van der Waals surface area contributed by atoms with E-state index in [4.69, 9.17) is 11.6 Å². The van der Waals surface area contributed by atoms with E-state index in [1.165, 1.54) is 12.1 Å². The molecule has 0 unspecified atom stereocenters. The highest BCUT2D eigenvalue weighted by molar-refractivity contribution is 6.30. The topological polar surface area (TPSA) is 49.8 Å². The molecule has 1 aromatic carbocycles. The van der Waals surface area contributed by atoms with Gasteiger partial charge in [0, 0.05) is 23.5 Å². The van der Waals surface area contributed by atoms with Gasteiger partial charge in [0.25, 0.3) is 0 Å². The molecule has 4 nitrogen and oxygen atoms in total. The summed E-state index contributed by atoms with van der Waals surface area (Å²) in [6.45, 7) is 2.86. The lowest BCUT2D eigenvalue weighted by Crippen LogP contribution is -2.05. The van der Waals surface area contributed by atoms with E-state index in [1.54, 1.807) is 18.3 Å². The largest absolute Gasteiger partial charge is 0.354 e. The number of nitrogens with one attached hydrogen (secondary N) is 2. The predicted octanol–water partition coefficient (Wildman–Crippen LogP) is 3.83. The smallest absolute Gasteiger partial charge is 0.224 e. The summed E-state index contributed by atoms with van der Waals surface area (Å²) in [5.41, 5.74) is 0.546. The fourth-order valence-electron chi connectivity index (χ4n) is 1.52. The Balaban J connectivity index is 2.13. The molecule has 0 radical (unpaired) electrons. The number of rotatable bonds is 5. The van der Waals surface area contributed by atoms with Gasteiger partial charge < -0.3 is 10.6 Å². The van der Waals surface area contributed by atoms with Gasteiger partial charge in [0.15, 0.2) is 0 Å². The average molecular weight is 281 g/mol. The van der Waals surface area contributed by atoms with E-state index in [0.29, 0.717) is 22.5 Å². The minimum Gasteiger partial charge on any atom is -0.354 e. The van der Waals surface area contributed by atoms with Crippen molar-refractivity contribution in [2.24, 2.45) is 0 Å². The lowest BCUT2D eigenvalue weighted by molar-refractivity contribution is 0.628. The molecule has 6 heteroatoms. The summed E-state index contributed by atoms with van der Waals surface area (Å²) in [4.78, 5) is 8.36. The van der Waals surface area contributed by atoms with E-state index >= 15 is 0 Å². The van der Waals surface area contributed by atoms with Gasteiger partial charge in [-0.2, -0.15) is 4.98 Å². The van der Waals surface area contributed by atoms with Gasteiger partial charge in [-0.1, -0.05) is 18.5 Å². The zero-order chi connectivity index (χ0) is 13.7. The summed E-state index contributed by atoms with van der Waals surface area (Å²) in [7, 11) is 0. The molecule has 0 amide bonds. The number of nitrogens with zero attached hydrogens (tertiary/aromatic N) is 2. The summed E-state index contributed by atoms with van der Waals surface area (Å²) in [6.07, 6.45) is 2.62. The Morgan fingerprint density at radius 2 is 2.16 bits per heavy atom. The van der Waals surface area contributed by atoms with Crippen molar-refractivity contribution in [1.29, 1.82) is 0 Å². The maximum absolute atomic E-state index is 13.2. The van der Waals surface area contributed by atoms with Crippen molar-refractivity contribution in [2.45, 2.75) is 13.3 Å². The average Bonchev–Trinajstić information content (AvgIpc) is 2.35. The number of halogens is 2. The van der Waals surface area contributed by atoms with Crippen LogP contribution in [0.3, 0.4) is 0 Å². The number of aromatic nitrogens is 2. The molecule has 0 spiro atoms. The summed E-state index contributed by atoms with van der Waals surface area (Å²) in [5, 5.41) is 6.40. The zero-order valence-electron chi connectivity index (χ0n) is 10.5. The molecule has 0 aliphatic rings. The molecule has 0 atom stereocenters. The molecule has 1 heterocycles. The third-order valence-corrected chi connectivity index (χ3v) is 2.54. The van der Waals surface area contributed by atoms with Crippen LogP contribution in [0.25, 0.3) is 0 Å². The second-order valence-electron chi connectivity index (χ2n) is 3.98. The summed E-state index contributed by atoms with van der Waals surface area (Å²) in [5.74, 6) is 0.720. The molecule has 1 aromatic heterocycles. The third kappa shape index (κ3) is 4.06. The maximum atomic E-state index is 13.2. The molecule has 0 bridgehead atoms. The Labute approximate surface area is 116 Å². The van der Waals surface area contributed by atoms with Crippen LogP contribution in [-0.2, 0) is 0 Å². The molecule has 100 valence electrons. The zero-order valence-corrected chi connectivity index (χ0v) is 11.2. The van der Waals surface area contributed by atoms with Crippen molar-refractivity contribution >= 4 is 29.1 Å². The van der Waals surface area contributed by atoms with E-state index in [9.17, 15) is 4.39 Å². The molecule has 0 fully saturated rings. The first-order valence-corrected chi connectivity index (χ1v) is 6.35. The summed E-state index contributed by atoms with van der Waals surface area (Å²) < 4.78 is 13.2. The normalized spacial score (nSPS) is 10.3. The second kappa shape index (κ2) is 6.33. The first-order valence-electron chi connectivity index (χ1n) is 5.97. The molecule has 2 rings (SSSR count). The molecule has 2 N–H and O–H groups in total. The maximum Gasteiger partial charge on any atom is 0.224 e. The minimum absolute atomic E-state index is 0.334. The van der Waals surface area contributed by atoms with E-state index in [1.807, 2.05) is 0 Å². The lowest BCUT2D eigenvalue weighted by atomic mass is 10.3. The van der Waals surface area contributed by atoms with Gasteiger partial charge in [-0.25, -0.2) is 9.37 Å². The van der Waals surface area contributed by atoms with Gasteiger partial charge in [0.05, 0.1) is 0 Å². The lowest BCUT2D eigenvalue weighted by Gasteiger charge is -2.08. The molecular weight excluding hydrogens is 267 g/mol. The Bertz CT molecular complexity index is 542. The van der Waals surface area contributed by atoms with Crippen molar-refractivity contribution < 1.29 is 4.39 Å². The van der Waals surface area contributed by atoms with E-state index < -0.39 is 5.82 Å². The Hall–Kier alpha value is -1.88. The molecule has 0 aliphatic heterocycles. The van der Waals surface area contributed by atoms with Crippen molar-refractivity contribution in [2.75, 3.05) is 17.2 Å². The van der Waals surface area contributed by atoms with E-state index in [-0.39, 0.29) is 0 Å². The van der Waals surface area contributed by atoms with Crippen molar-refractivity contribution in [3.63, 3.8) is 0 Å². The van der Waals surface area contributed by atoms with E-state index in [0.717, 1.165) is 13.0 Å². The standard InChI is InChI=1S/C13H14ClFN4/c1-2-4-16-13-17-5-3-12(19-13)18-11-7-9(14)6-10(15)8-11/h3,5-8H,2,4H2,1H3,(H2,16,17,18,19). The minimum atomic E-state index is -0.395. The number of benzene rings is 1. The molecular formula is C13H14ClFN4. The van der Waals surface area contributed by atoms with Crippen LogP contribution in [0.4, 0.5) is 21.8 Å². The van der Waals surface area contributed by atoms with Crippen molar-refractivity contribution in [1.82, 2.24) is 9.97 Å². The molecule has 2 aromatic rings. The molecule has 0 saturated heterocycles. The second-order valence-corrected chi connectivity index (χ2v) is 4.41. The van der Waals surface area contributed by atoms with Crippen LogP contribution in [0.15, 0.2) is 30.5 Å². The molecule has 0 saturated carbocycles. The SMILES string of the molecule is CCCNc1nccc(Nc2cc(F)cc(Cl)c2)n1. The predicted molar refractivity (Wildman–Crippen MR) is 75.5 cm³/mol. The fraction of sp³-hybridized carbons (Fsp3) is 0.231. The van der Waals surface area contributed by atoms with Crippen LogP contribution >= 0.6 is 11.6 Å². The molecule has 0 aliphatic carbocycles. The monoisotopic (exact) mass is 280 g/mol. The summed E-state index contributed by atoms with van der Waals surface area (Å²) >= 11 is 5.79. The Kier molecular flexibility index (Phi) is 4.52. The molecule has 19 heavy (non-hydrogen) atoms. The first kappa shape index (κ1) is 13.5.